The molecule has 2 heterocycles. The zero-order valence-electron chi connectivity index (χ0n) is 18.4. The second-order valence-electron chi connectivity index (χ2n) is 8.33. The van der Waals surface area contributed by atoms with Gasteiger partial charge in [-0.2, -0.15) is 18.3 Å². The van der Waals surface area contributed by atoms with Gasteiger partial charge < -0.3 is 15.4 Å². The number of anilines is 1. The highest BCUT2D eigenvalue weighted by atomic mass is 19.4. The Hall–Kier alpha value is -2.87. The van der Waals surface area contributed by atoms with Crippen LogP contribution in [0.15, 0.2) is 36.4 Å². The Labute approximate surface area is 185 Å². The van der Waals surface area contributed by atoms with Crippen LogP contribution in [0.4, 0.5) is 19.0 Å². The molecule has 8 heteroatoms. The second-order valence-corrected chi connectivity index (χ2v) is 8.33. The number of nitrogens with zero attached hydrogens (tertiary/aromatic N) is 2. The molecule has 0 bridgehead atoms. The summed E-state index contributed by atoms with van der Waals surface area (Å²) in [4.78, 5) is 0. The van der Waals surface area contributed by atoms with Crippen molar-refractivity contribution in [2.45, 2.75) is 51.9 Å². The first-order valence-corrected chi connectivity index (χ1v) is 10.8. The van der Waals surface area contributed by atoms with E-state index in [0.29, 0.717) is 24.0 Å². The predicted molar refractivity (Wildman–Crippen MR) is 119 cm³/mol. The SMILES string of the molecule is Cc1c([C@@H](C)Nc2nnc(C)c3ccc(OC[C@@H]4CCCN4)cc23)cccc1C(F)(F)F. The minimum Gasteiger partial charge on any atom is -0.492 e. The highest BCUT2D eigenvalue weighted by Crippen LogP contribution is 2.36. The van der Waals surface area contributed by atoms with Gasteiger partial charge in [0.2, 0.25) is 0 Å². The molecule has 1 aliphatic heterocycles. The number of fused-ring (bicyclic) bond motifs is 1. The fourth-order valence-electron chi connectivity index (χ4n) is 4.27. The third-order valence-corrected chi connectivity index (χ3v) is 6.05. The molecule has 170 valence electrons. The molecule has 0 radical (unpaired) electrons. The summed E-state index contributed by atoms with van der Waals surface area (Å²) < 4.78 is 46.0. The Morgan fingerprint density at radius 3 is 2.69 bits per heavy atom. The molecule has 2 aromatic carbocycles. The van der Waals surface area contributed by atoms with Crippen LogP contribution >= 0.6 is 0 Å². The molecular weight excluding hydrogens is 417 g/mol. The van der Waals surface area contributed by atoms with Crippen LogP contribution in [0.25, 0.3) is 10.8 Å². The van der Waals surface area contributed by atoms with E-state index in [-0.39, 0.29) is 5.56 Å². The molecule has 1 saturated heterocycles. The average molecular weight is 445 g/mol. The van der Waals surface area contributed by atoms with Crippen molar-refractivity contribution in [3.8, 4) is 5.75 Å². The molecule has 0 spiro atoms. The second kappa shape index (κ2) is 8.94. The van der Waals surface area contributed by atoms with Gasteiger partial charge in [-0.25, -0.2) is 0 Å². The zero-order chi connectivity index (χ0) is 22.9. The number of halogens is 3. The maximum absolute atomic E-state index is 13.3. The van der Waals surface area contributed by atoms with Crippen molar-refractivity contribution in [1.29, 1.82) is 0 Å². The summed E-state index contributed by atoms with van der Waals surface area (Å²) in [6, 6.07) is 9.98. The van der Waals surface area contributed by atoms with Gasteiger partial charge in [0.25, 0.3) is 0 Å². The third kappa shape index (κ3) is 4.65. The molecule has 1 aromatic heterocycles. The quantitative estimate of drug-likeness (QED) is 0.521. The van der Waals surface area contributed by atoms with Gasteiger partial charge in [-0.15, -0.1) is 5.10 Å². The van der Waals surface area contributed by atoms with Crippen molar-refractivity contribution >= 4 is 16.6 Å². The van der Waals surface area contributed by atoms with E-state index < -0.39 is 17.8 Å². The number of rotatable bonds is 6. The Bertz CT molecular complexity index is 1110. The van der Waals surface area contributed by atoms with Crippen molar-refractivity contribution < 1.29 is 17.9 Å². The monoisotopic (exact) mass is 444 g/mol. The molecule has 1 fully saturated rings. The first-order chi connectivity index (χ1) is 15.2. The topological polar surface area (TPSA) is 59.1 Å². The lowest BCUT2D eigenvalue weighted by atomic mass is 9.97. The fourth-order valence-corrected chi connectivity index (χ4v) is 4.27. The molecule has 2 atom stereocenters. The van der Waals surface area contributed by atoms with Crippen LogP contribution in [0.2, 0.25) is 0 Å². The van der Waals surface area contributed by atoms with Crippen LogP contribution in [-0.4, -0.2) is 29.4 Å². The maximum atomic E-state index is 13.3. The number of benzene rings is 2. The Kier molecular flexibility index (Phi) is 6.24. The lowest BCUT2D eigenvalue weighted by Crippen LogP contribution is -2.28. The summed E-state index contributed by atoms with van der Waals surface area (Å²) in [6.07, 6.45) is -2.14. The van der Waals surface area contributed by atoms with Crippen LogP contribution in [-0.2, 0) is 6.18 Å². The minimum absolute atomic E-state index is 0.206. The molecule has 0 amide bonds. The summed E-state index contributed by atoms with van der Waals surface area (Å²) >= 11 is 0. The summed E-state index contributed by atoms with van der Waals surface area (Å²) in [5.41, 5.74) is 0.921. The Balaban J connectivity index is 1.62. The Morgan fingerprint density at radius 2 is 1.97 bits per heavy atom. The van der Waals surface area contributed by atoms with E-state index in [1.807, 2.05) is 32.0 Å². The standard InChI is InChI=1S/C24H27F3N4O/c1-14-19(7-4-8-22(14)24(25,26)27)15(2)29-23-21-12-18(32-13-17-6-5-11-28-17)9-10-20(21)16(3)30-31-23/h4,7-10,12,15,17,28H,5-6,11,13H2,1-3H3,(H,29,31)/t15-,17+/m1/s1. The number of aryl methyl sites for hydroxylation is 1. The van der Waals surface area contributed by atoms with Crippen molar-refractivity contribution in [2.24, 2.45) is 0 Å². The van der Waals surface area contributed by atoms with E-state index in [9.17, 15) is 13.2 Å². The number of aromatic nitrogens is 2. The number of ether oxygens (including phenoxy) is 1. The molecule has 3 aromatic rings. The molecule has 0 saturated carbocycles. The lowest BCUT2D eigenvalue weighted by molar-refractivity contribution is -0.138. The summed E-state index contributed by atoms with van der Waals surface area (Å²) in [5.74, 6) is 1.24. The van der Waals surface area contributed by atoms with Crippen molar-refractivity contribution in [3.05, 3.63) is 58.8 Å². The zero-order valence-corrected chi connectivity index (χ0v) is 18.4. The fraction of sp³-hybridized carbons (Fsp3) is 0.417. The van der Waals surface area contributed by atoms with Crippen LogP contribution in [0.3, 0.4) is 0 Å². The molecule has 2 N–H and O–H groups in total. The van der Waals surface area contributed by atoms with Crippen LogP contribution in [0.5, 0.6) is 5.75 Å². The predicted octanol–water partition coefficient (Wildman–Crippen LogP) is 5.57. The number of nitrogens with one attached hydrogen (secondary N) is 2. The highest BCUT2D eigenvalue weighted by Gasteiger charge is 2.33. The molecule has 1 aliphatic rings. The molecule has 32 heavy (non-hydrogen) atoms. The Morgan fingerprint density at radius 1 is 1.16 bits per heavy atom. The number of hydrogen-bond donors (Lipinski definition) is 2. The van der Waals surface area contributed by atoms with Crippen molar-refractivity contribution in [3.63, 3.8) is 0 Å². The lowest BCUT2D eigenvalue weighted by Gasteiger charge is -2.21. The van der Waals surface area contributed by atoms with Crippen molar-refractivity contribution in [1.82, 2.24) is 15.5 Å². The van der Waals surface area contributed by atoms with Gasteiger partial charge in [0.15, 0.2) is 5.82 Å². The molecule has 0 aliphatic carbocycles. The van der Waals surface area contributed by atoms with E-state index in [2.05, 4.69) is 20.8 Å². The van der Waals surface area contributed by atoms with E-state index in [1.54, 1.807) is 6.07 Å². The van der Waals surface area contributed by atoms with Gasteiger partial charge in [0.1, 0.15) is 12.4 Å². The van der Waals surface area contributed by atoms with Gasteiger partial charge in [-0.3, -0.25) is 0 Å². The minimum atomic E-state index is -4.39. The summed E-state index contributed by atoms with van der Waals surface area (Å²) in [6.45, 7) is 6.80. The van der Waals surface area contributed by atoms with Crippen LogP contribution in [0, 0.1) is 13.8 Å². The first-order valence-electron chi connectivity index (χ1n) is 10.8. The largest absolute Gasteiger partial charge is 0.492 e. The van der Waals surface area contributed by atoms with E-state index in [0.717, 1.165) is 47.7 Å². The van der Waals surface area contributed by atoms with Gasteiger partial charge >= 0.3 is 6.18 Å². The van der Waals surface area contributed by atoms with E-state index in [1.165, 1.54) is 13.0 Å². The van der Waals surface area contributed by atoms with E-state index >= 15 is 0 Å². The molecule has 4 rings (SSSR count). The average Bonchev–Trinajstić information content (AvgIpc) is 3.27. The van der Waals surface area contributed by atoms with Gasteiger partial charge in [-0.1, -0.05) is 12.1 Å². The van der Waals surface area contributed by atoms with Gasteiger partial charge in [0, 0.05) is 16.8 Å². The van der Waals surface area contributed by atoms with Crippen LogP contribution in [0.1, 0.15) is 48.2 Å². The normalized spacial score (nSPS) is 17.5. The first kappa shape index (κ1) is 22.3. The smallest absolute Gasteiger partial charge is 0.416 e. The molecular formula is C24H27F3N4O. The molecule has 5 nitrogen and oxygen atoms in total. The highest BCUT2D eigenvalue weighted by molar-refractivity contribution is 5.94. The number of alkyl halides is 3. The van der Waals surface area contributed by atoms with Crippen molar-refractivity contribution in [2.75, 3.05) is 18.5 Å². The summed E-state index contributed by atoms with van der Waals surface area (Å²) in [5, 5.41) is 16.9. The number of hydrogen-bond acceptors (Lipinski definition) is 5. The van der Waals surface area contributed by atoms with Crippen LogP contribution < -0.4 is 15.4 Å². The molecule has 0 unspecified atom stereocenters. The van der Waals surface area contributed by atoms with E-state index in [4.69, 9.17) is 4.74 Å². The maximum Gasteiger partial charge on any atom is 0.416 e. The van der Waals surface area contributed by atoms with Gasteiger partial charge in [0.05, 0.1) is 17.3 Å². The van der Waals surface area contributed by atoms with Gasteiger partial charge in [-0.05, 0) is 75.5 Å². The summed E-state index contributed by atoms with van der Waals surface area (Å²) in [7, 11) is 0. The third-order valence-electron chi connectivity index (χ3n) is 6.05.